The topological polar surface area (TPSA) is 72.7 Å². The molecule has 156 valence electrons. The average Bonchev–Trinajstić information content (AvgIpc) is 3.18. The van der Waals surface area contributed by atoms with Crippen LogP contribution in [0.5, 0.6) is 0 Å². The van der Waals surface area contributed by atoms with E-state index < -0.39 is 17.5 Å². The summed E-state index contributed by atoms with van der Waals surface area (Å²) in [5.74, 6) is -1.21. The number of pyridine rings is 1. The number of hydrogen-bond donors (Lipinski definition) is 1. The van der Waals surface area contributed by atoms with E-state index in [1.165, 1.54) is 0 Å². The summed E-state index contributed by atoms with van der Waals surface area (Å²) in [5, 5.41) is 11.5. The molecule has 0 unspecified atom stereocenters. The van der Waals surface area contributed by atoms with E-state index >= 15 is 0 Å². The van der Waals surface area contributed by atoms with Gasteiger partial charge >= 0.3 is 0 Å². The van der Waals surface area contributed by atoms with Gasteiger partial charge in [0, 0.05) is 24.0 Å². The number of benzene rings is 2. The lowest BCUT2D eigenvalue weighted by atomic mass is 10.2. The standard InChI is InChI=1S/C22H17F2N5OS/c23-17-6-7-18(24)19(12-17)26-20(30)14-31-22-28-27-21(16-8-10-25-11-9-16)29(22)13-15-4-2-1-3-5-15/h1-12H,13-14H2,(H,26,30). The van der Waals surface area contributed by atoms with Gasteiger partial charge in [-0.3, -0.25) is 14.3 Å². The Labute approximate surface area is 181 Å². The molecule has 0 fully saturated rings. The zero-order chi connectivity index (χ0) is 21.6. The number of nitrogens with one attached hydrogen (secondary N) is 1. The lowest BCUT2D eigenvalue weighted by Gasteiger charge is -2.11. The van der Waals surface area contributed by atoms with Crippen LogP contribution in [0.2, 0.25) is 0 Å². The van der Waals surface area contributed by atoms with Gasteiger partial charge in [-0.05, 0) is 29.8 Å². The number of thioether (sulfide) groups is 1. The van der Waals surface area contributed by atoms with Gasteiger partial charge in [0.1, 0.15) is 11.6 Å². The molecule has 6 nitrogen and oxygen atoms in total. The van der Waals surface area contributed by atoms with Crippen molar-refractivity contribution in [2.24, 2.45) is 0 Å². The minimum absolute atomic E-state index is 0.0424. The van der Waals surface area contributed by atoms with E-state index in [2.05, 4.69) is 20.5 Å². The molecule has 0 aliphatic carbocycles. The maximum absolute atomic E-state index is 13.8. The van der Waals surface area contributed by atoms with Gasteiger partial charge in [-0.15, -0.1) is 10.2 Å². The molecule has 0 aliphatic heterocycles. The highest BCUT2D eigenvalue weighted by Gasteiger charge is 2.17. The summed E-state index contributed by atoms with van der Waals surface area (Å²) in [7, 11) is 0. The van der Waals surface area contributed by atoms with Crippen LogP contribution < -0.4 is 5.32 Å². The first-order valence-corrected chi connectivity index (χ1v) is 10.3. The van der Waals surface area contributed by atoms with Crippen molar-refractivity contribution in [2.75, 3.05) is 11.1 Å². The first-order valence-electron chi connectivity index (χ1n) is 9.35. The van der Waals surface area contributed by atoms with E-state index in [-0.39, 0.29) is 11.4 Å². The lowest BCUT2D eigenvalue weighted by Crippen LogP contribution is -2.16. The third-order valence-corrected chi connectivity index (χ3v) is 5.34. The molecule has 2 heterocycles. The molecular weight excluding hydrogens is 420 g/mol. The van der Waals surface area contributed by atoms with Crippen LogP contribution in [0.3, 0.4) is 0 Å². The van der Waals surface area contributed by atoms with Crippen LogP contribution in [0.15, 0.2) is 78.2 Å². The number of anilines is 1. The minimum atomic E-state index is -0.702. The highest BCUT2D eigenvalue weighted by molar-refractivity contribution is 7.99. The number of halogens is 2. The second-order valence-electron chi connectivity index (χ2n) is 6.57. The Morgan fingerprint density at radius 2 is 1.77 bits per heavy atom. The van der Waals surface area contributed by atoms with Crippen molar-refractivity contribution in [1.82, 2.24) is 19.7 Å². The van der Waals surface area contributed by atoms with Crippen molar-refractivity contribution in [3.05, 3.63) is 90.3 Å². The fourth-order valence-electron chi connectivity index (χ4n) is 2.93. The van der Waals surface area contributed by atoms with Crippen molar-refractivity contribution in [1.29, 1.82) is 0 Å². The Morgan fingerprint density at radius 3 is 2.55 bits per heavy atom. The van der Waals surface area contributed by atoms with Crippen molar-refractivity contribution in [3.8, 4) is 11.4 Å². The first-order chi connectivity index (χ1) is 15.1. The monoisotopic (exact) mass is 437 g/mol. The summed E-state index contributed by atoms with van der Waals surface area (Å²) in [6.45, 7) is 0.508. The third-order valence-electron chi connectivity index (χ3n) is 4.37. The van der Waals surface area contributed by atoms with E-state index in [9.17, 15) is 13.6 Å². The number of carbonyl (C=O) groups excluding carboxylic acids is 1. The molecule has 0 radical (unpaired) electrons. The smallest absolute Gasteiger partial charge is 0.234 e. The van der Waals surface area contributed by atoms with Crippen LogP contribution in [0.1, 0.15) is 5.56 Å². The van der Waals surface area contributed by atoms with Gasteiger partial charge in [-0.25, -0.2) is 8.78 Å². The largest absolute Gasteiger partial charge is 0.323 e. The van der Waals surface area contributed by atoms with E-state index in [4.69, 9.17) is 0 Å². The lowest BCUT2D eigenvalue weighted by molar-refractivity contribution is -0.113. The Bertz CT molecular complexity index is 1190. The second-order valence-corrected chi connectivity index (χ2v) is 7.52. The maximum Gasteiger partial charge on any atom is 0.234 e. The quantitative estimate of drug-likeness (QED) is 0.434. The molecule has 4 rings (SSSR count). The Morgan fingerprint density at radius 1 is 1.00 bits per heavy atom. The Kier molecular flexibility index (Phi) is 6.32. The summed E-state index contributed by atoms with van der Waals surface area (Å²) >= 11 is 1.16. The first kappa shape index (κ1) is 20.7. The van der Waals surface area contributed by atoms with Gasteiger partial charge in [0.2, 0.25) is 5.91 Å². The Hall–Kier alpha value is -3.59. The SMILES string of the molecule is O=C(CSc1nnc(-c2ccncc2)n1Cc1ccccc1)Nc1cc(F)ccc1F. The zero-order valence-corrected chi connectivity index (χ0v) is 17.0. The van der Waals surface area contributed by atoms with Gasteiger partial charge in [0.05, 0.1) is 18.0 Å². The van der Waals surface area contributed by atoms with Gasteiger partial charge in [0.25, 0.3) is 0 Å². The highest BCUT2D eigenvalue weighted by Crippen LogP contribution is 2.25. The molecule has 4 aromatic rings. The fraction of sp³-hybridized carbons (Fsp3) is 0.0909. The van der Waals surface area contributed by atoms with Crippen molar-refractivity contribution in [2.45, 2.75) is 11.7 Å². The van der Waals surface area contributed by atoms with Crippen molar-refractivity contribution >= 4 is 23.4 Å². The summed E-state index contributed by atoms with van der Waals surface area (Å²) in [6, 6.07) is 16.4. The summed E-state index contributed by atoms with van der Waals surface area (Å²) in [4.78, 5) is 16.3. The van der Waals surface area contributed by atoms with Crippen LogP contribution in [0.25, 0.3) is 11.4 Å². The third kappa shape index (κ3) is 5.13. The molecule has 0 spiro atoms. The predicted octanol–water partition coefficient (Wildman–Crippen LogP) is 4.40. The number of nitrogens with zero attached hydrogens (tertiary/aromatic N) is 4. The molecule has 0 bridgehead atoms. The normalized spacial score (nSPS) is 10.8. The molecular formula is C22H17F2N5OS. The molecule has 0 saturated carbocycles. The van der Waals surface area contributed by atoms with Gasteiger partial charge < -0.3 is 5.32 Å². The minimum Gasteiger partial charge on any atom is -0.323 e. The Balaban J connectivity index is 1.54. The molecule has 1 amide bonds. The molecule has 2 aromatic carbocycles. The van der Waals surface area contributed by atoms with E-state index in [0.29, 0.717) is 17.5 Å². The van der Waals surface area contributed by atoms with Crippen LogP contribution in [0.4, 0.5) is 14.5 Å². The van der Waals surface area contributed by atoms with Crippen LogP contribution in [-0.4, -0.2) is 31.4 Å². The number of amides is 1. The zero-order valence-electron chi connectivity index (χ0n) is 16.2. The second kappa shape index (κ2) is 9.48. The van der Waals surface area contributed by atoms with Gasteiger partial charge in [-0.1, -0.05) is 42.1 Å². The summed E-state index contributed by atoms with van der Waals surface area (Å²) in [6.07, 6.45) is 3.34. The van der Waals surface area contributed by atoms with E-state index in [1.807, 2.05) is 47.0 Å². The van der Waals surface area contributed by atoms with E-state index in [1.54, 1.807) is 12.4 Å². The van der Waals surface area contributed by atoms with Crippen molar-refractivity contribution < 1.29 is 13.6 Å². The van der Waals surface area contributed by atoms with Gasteiger partial charge in [-0.2, -0.15) is 0 Å². The molecule has 0 saturated heterocycles. The van der Waals surface area contributed by atoms with E-state index in [0.717, 1.165) is 41.1 Å². The number of carbonyl (C=O) groups is 1. The molecule has 9 heteroatoms. The molecule has 0 atom stereocenters. The average molecular weight is 437 g/mol. The van der Waals surface area contributed by atoms with Crippen LogP contribution in [0, 0.1) is 11.6 Å². The van der Waals surface area contributed by atoms with Crippen molar-refractivity contribution in [3.63, 3.8) is 0 Å². The fourth-order valence-corrected chi connectivity index (χ4v) is 3.67. The number of aromatic nitrogens is 4. The summed E-state index contributed by atoms with van der Waals surface area (Å²) < 4.78 is 29.0. The summed E-state index contributed by atoms with van der Waals surface area (Å²) in [5.41, 5.74) is 1.69. The molecule has 2 aromatic heterocycles. The van der Waals surface area contributed by atoms with Crippen LogP contribution in [-0.2, 0) is 11.3 Å². The maximum atomic E-state index is 13.8. The number of rotatable bonds is 7. The predicted molar refractivity (Wildman–Crippen MR) is 115 cm³/mol. The number of hydrogen-bond acceptors (Lipinski definition) is 5. The highest BCUT2D eigenvalue weighted by atomic mass is 32.2. The molecule has 0 aliphatic rings. The molecule has 1 N–H and O–H groups in total. The molecule has 31 heavy (non-hydrogen) atoms. The van der Waals surface area contributed by atoms with Gasteiger partial charge in [0.15, 0.2) is 11.0 Å². The van der Waals surface area contributed by atoms with Crippen LogP contribution >= 0.6 is 11.8 Å².